The number of allylic oxidation sites excluding steroid dienone is 2. The first-order valence-corrected chi connectivity index (χ1v) is 4.87. The molecule has 88 valence electrons. The molecule has 0 fully saturated rings. The lowest BCUT2D eigenvalue weighted by Crippen LogP contribution is -2.02. The number of carbonyl (C=O) groups excluding carboxylic acids is 2. The van der Waals surface area contributed by atoms with E-state index >= 15 is 0 Å². The molecule has 0 atom stereocenters. The van der Waals surface area contributed by atoms with Crippen LogP contribution < -0.4 is 0 Å². The summed E-state index contributed by atoms with van der Waals surface area (Å²) < 4.78 is 9.08. The fourth-order valence-corrected chi connectivity index (χ4v) is 0.715. The van der Waals surface area contributed by atoms with E-state index < -0.39 is 11.9 Å². The number of rotatable bonds is 6. The van der Waals surface area contributed by atoms with Crippen LogP contribution in [0.3, 0.4) is 0 Å². The summed E-state index contributed by atoms with van der Waals surface area (Å²) >= 11 is 0. The average Bonchev–Trinajstić information content (AvgIpc) is 2.31. The predicted molar refractivity (Wildman–Crippen MR) is 60.7 cm³/mol. The van der Waals surface area contributed by atoms with E-state index in [0.29, 0.717) is 0 Å². The third-order valence-corrected chi connectivity index (χ3v) is 1.69. The van der Waals surface area contributed by atoms with Crippen molar-refractivity contribution in [3.05, 3.63) is 36.5 Å². The number of esters is 2. The molecule has 4 heteroatoms. The van der Waals surface area contributed by atoms with E-state index in [1.165, 1.54) is 7.11 Å². The van der Waals surface area contributed by atoms with Gasteiger partial charge in [0.1, 0.15) is 6.61 Å². The molecule has 0 aromatic carbocycles. The van der Waals surface area contributed by atoms with Gasteiger partial charge in [-0.3, -0.25) is 0 Å². The number of hydrogen-bond donors (Lipinski definition) is 0. The summed E-state index contributed by atoms with van der Waals surface area (Å²) in [5, 5.41) is 0. The van der Waals surface area contributed by atoms with Gasteiger partial charge in [0.25, 0.3) is 0 Å². The van der Waals surface area contributed by atoms with Crippen LogP contribution in [0.4, 0.5) is 0 Å². The van der Waals surface area contributed by atoms with Crippen molar-refractivity contribution in [2.24, 2.45) is 0 Å². The maximum atomic E-state index is 11.0. The first-order chi connectivity index (χ1) is 7.60. The normalized spacial score (nSPS) is 10.6. The number of carbonyl (C=O) groups is 2. The van der Waals surface area contributed by atoms with Gasteiger partial charge in [-0.05, 0) is 12.5 Å². The molecule has 16 heavy (non-hydrogen) atoms. The van der Waals surface area contributed by atoms with Gasteiger partial charge in [-0.2, -0.15) is 0 Å². The minimum atomic E-state index is -0.591. The van der Waals surface area contributed by atoms with Gasteiger partial charge in [0.05, 0.1) is 7.11 Å². The Morgan fingerprint density at radius 3 is 2.38 bits per heavy atom. The van der Waals surface area contributed by atoms with Crippen molar-refractivity contribution in [3.8, 4) is 0 Å². The zero-order chi connectivity index (χ0) is 12.4. The Kier molecular flexibility index (Phi) is 7.49. The first kappa shape index (κ1) is 14.2. The van der Waals surface area contributed by atoms with Gasteiger partial charge >= 0.3 is 11.9 Å². The van der Waals surface area contributed by atoms with E-state index in [2.05, 4.69) is 11.3 Å². The van der Waals surface area contributed by atoms with Crippen molar-refractivity contribution in [2.45, 2.75) is 13.3 Å². The van der Waals surface area contributed by atoms with E-state index in [1.807, 2.05) is 6.92 Å². The van der Waals surface area contributed by atoms with Crippen LogP contribution in [-0.4, -0.2) is 25.7 Å². The molecule has 4 nitrogen and oxygen atoms in total. The summed E-state index contributed by atoms with van der Waals surface area (Å²) in [5.41, 5.74) is 0.959. The van der Waals surface area contributed by atoms with Gasteiger partial charge in [-0.1, -0.05) is 25.2 Å². The van der Waals surface area contributed by atoms with Crippen LogP contribution in [0, 0.1) is 0 Å². The van der Waals surface area contributed by atoms with Gasteiger partial charge in [0.2, 0.25) is 0 Å². The van der Waals surface area contributed by atoms with Crippen LogP contribution >= 0.6 is 0 Å². The second-order valence-electron chi connectivity index (χ2n) is 2.90. The van der Waals surface area contributed by atoms with Gasteiger partial charge in [0, 0.05) is 12.2 Å². The Labute approximate surface area is 95.2 Å². The molecule has 0 rings (SSSR count). The molecule has 0 N–H and O–H groups in total. The quantitative estimate of drug-likeness (QED) is 0.392. The summed E-state index contributed by atoms with van der Waals surface area (Å²) in [6, 6.07) is 0. The third kappa shape index (κ3) is 7.55. The Bertz CT molecular complexity index is 313. The van der Waals surface area contributed by atoms with Crippen LogP contribution in [0.25, 0.3) is 0 Å². The summed E-state index contributed by atoms with van der Waals surface area (Å²) in [7, 11) is 1.23. The zero-order valence-electron chi connectivity index (χ0n) is 9.56. The Morgan fingerprint density at radius 2 is 1.81 bits per heavy atom. The van der Waals surface area contributed by atoms with Crippen molar-refractivity contribution in [1.82, 2.24) is 0 Å². The van der Waals surface area contributed by atoms with Gasteiger partial charge in [0.15, 0.2) is 0 Å². The maximum absolute atomic E-state index is 11.0. The zero-order valence-corrected chi connectivity index (χ0v) is 9.56. The molecule has 0 saturated heterocycles. The minimum absolute atomic E-state index is 0.156. The largest absolute Gasteiger partial charge is 0.466 e. The summed E-state index contributed by atoms with van der Waals surface area (Å²) in [4.78, 5) is 21.6. The van der Waals surface area contributed by atoms with E-state index in [-0.39, 0.29) is 6.61 Å². The molecular formula is C12H16O4. The van der Waals surface area contributed by atoms with Gasteiger partial charge < -0.3 is 9.47 Å². The second kappa shape index (κ2) is 8.47. The van der Waals surface area contributed by atoms with E-state index in [1.54, 1.807) is 12.2 Å². The molecule has 0 aliphatic rings. The smallest absolute Gasteiger partial charge is 0.331 e. The highest BCUT2D eigenvalue weighted by Crippen LogP contribution is 1.97. The van der Waals surface area contributed by atoms with Crippen molar-refractivity contribution in [3.63, 3.8) is 0 Å². The molecule has 0 aromatic rings. The average molecular weight is 224 g/mol. The molecule has 0 bridgehead atoms. The maximum Gasteiger partial charge on any atom is 0.331 e. The highest BCUT2D eigenvalue weighted by molar-refractivity contribution is 5.91. The lowest BCUT2D eigenvalue weighted by atomic mass is 10.2. The monoisotopic (exact) mass is 224 g/mol. The van der Waals surface area contributed by atoms with Crippen LogP contribution in [0.1, 0.15) is 13.3 Å². The minimum Gasteiger partial charge on any atom is -0.466 e. The number of hydrogen-bond acceptors (Lipinski definition) is 4. The molecule has 0 aromatic heterocycles. The standard InChI is InChI=1S/C12H16O4/c1-4-10(2)6-5-9-16-12(14)8-7-11(13)15-3/h5-8H,2,4,9H2,1,3H3/b6-5+,8-7+. The lowest BCUT2D eigenvalue weighted by Gasteiger charge is -1.96. The third-order valence-electron chi connectivity index (χ3n) is 1.69. The summed E-state index contributed by atoms with van der Waals surface area (Å²) in [6.07, 6.45) is 6.37. The van der Waals surface area contributed by atoms with Crippen molar-refractivity contribution < 1.29 is 19.1 Å². The second-order valence-corrected chi connectivity index (χ2v) is 2.90. The molecule has 0 saturated carbocycles. The van der Waals surface area contributed by atoms with Crippen LogP contribution in [-0.2, 0) is 19.1 Å². The Morgan fingerprint density at radius 1 is 1.19 bits per heavy atom. The molecule has 0 unspecified atom stereocenters. The van der Waals surface area contributed by atoms with Crippen molar-refractivity contribution in [2.75, 3.05) is 13.7 Å². The number of methoxy groups -OCH3 is 1. The van der Waals surface area contributed by atoms with Crippen LogP contribution in [0.5, 0.6) is 0 Å². The van der Waals surface area contributed by atoms with Crippen molar-refractivity contribution >= 4 is 11.9 Å². The summed E-state index contributed by atoms with van der Waals surface area (Å²) in [5.74, 6) is -1.18. The van der Waals surface area contributed by atoms with E-state index in [0.717, 1.165) is 24.1 Å². The molecule has 0 aliphatic heterocycles. The fourth-order valence-electron chi connectivity index (χ4n) is 0.715. The van der Waals surface area contributed by atoms with Crippen LogP contribution in [0.2, 0.25) is 0 Å². The summed E-state index contributed by atoms with van der Waals surface area (Å²) in [6.45, 7) is 5.90. The molecular weight excluding hydrogens is 208 g/mol. The molecule has 0 spiro atoms. The SMILES string of the molecule is C=C(/C=C/COC(=O)/C=C/C(=O)OC)CC. The fraction of sp³-hybridized carbons (Fsp3) is 0.333. The lowest BCUT2D eigenvalue weighted by molar-refractivity contribution is -0.138. The van der Waals surface area contributed by atoms with Gasteiger partial charge in [-0.15, -0.1) is 0 Å². The van der Waals surface area contributed by atoms with Crippen LogP contribution in [0.15, 0.2) is 36.5 Å². The molecule has 0 radical (unpaired) electrons. The van der Waals surface area contributed by atoms with E-state index in [4.69, 9.17) is 4.74 Å². The Hall–Kier alpha value is -1.84. The molecule has 0 heterocycles. The first-order valence-electron chi connectivity index (χ1n) is 4.87. The molecule has 0 amide bonds. The predicted octanol–water partition coefficient (Wildman–Crippen LogP) is 1.78. The Balaban J connectivity index is 3.82. The van der Waals surface area contributed by atoms with Crippen molar-refractivity contribution in [1.29, 1.82) is 0 Å². The van der Waals surface area contributed by atoms with Gasteiger partial charge in [-0.25, -0.2) is 9.59 Å². The number of ether oxygens (including phenoxy) is 2. The highest BCUT2D eigenvalue weighted by atomic mass is 16.5. The van der Waals surface area contributed by atoms with E-state index in [9.17, 15) is 9.59 Å². The molecule has 0 aliphatic carbocycles. The topological polar surface area (TPSA) is 52.6 Å². The highest BCUT2D eigenvalue weighted by Gasteiger charge is 1.97.